The number of anilines is 1. The molecule has 0 atom stereocenters. The zero-order valence-electron chi connectivity index (χ0n) is 4.63. The van der Waals surface area contributed by atoms with Gasteiger partial charge in [0.15, 0.2) is 0 Å². The van der Waals surface area contributed by atoms with Gasteiger partial charge in [-0.3, -0.25) is 0 Å². The average molecular weight is 109 g/mol. The molecule has 1 rings (SSSR count). The summed E-state index contributed by atoms with van der Waals surface area (Å²) in [5, 5.41) is 7.18. The van der Waals surface area contributed by atoms with Crippen LogP contribution in [0.1, 0.15) is 5.56 Å². The van der Waals surface area contributed by atoms with E-state index in [1.165, 1.54) is 0 Å². The predicted octanol–water partition coefficient (Wildman–Crippen LogP) is 0.367. The first kappa shape index (κ1) is 5.03. The summed E-state index contributed by atoms with van der Waals surface area (Å²) in [6.07, 6.45) is 1.62. The Bertz CT molecular complexity index is 164. The van der Waals surface area contributed by atoms with Gasteiger partial charge in [0, 0.05) is 0 Å². The minimum Gasteiger partial charge on any atom is -0.382 e. The molecule has 42 valence electrons. The number of nitrogens with two attached hydrogens (primary N) is 1. The van der Waals surface area contributed by atoms with E-state index in [4.69, 9.17) is 5.73 Å². The Morgan fingerprint density at radius 1 is 1.62 bits per heavy atom. The van der Waals surface area contributed by atoms with E-state index in [2.05, 4.69) is 10.2 Å². The molecular formula is C5H7N3. The van der Waals surface area contributed by atoms with Crippen molar-refractivity contribution in [1.29, 1.82) is 0 Å². The third kappa shape index (κ3) is 0.753. The van der Waals surface area contributed by atoms with Crippen molar-refractivity contribution in [2.75, 3.05) is 5.73 Å². The van der Waals surface area contributed by atoms with Crippen molar-refractivity contribution in [3.63, 3.8) is 0 Å². The Balaban J connectivity index is 3.13. The summed E-state index contributed by atoms with van der Waals surface area (Å²) in [4.78, 5) is 0. The maximum Gasteiger partial charge on any atom is 0.148 e. The van der Waals surface area contributed by atoms with Gasteiger partial charge in [0.2, 0.25) is 0 Å². The highest BCUT2D eigenvalue weighted by atomic mass is 15.1. The monoisotopic (exact) mass is 109 g/mol. The number of aromatic nitrogens is 2. The first-order chi connectivity index (χ1) is 3.80. The minimum absolute atomic E-state index is 0.507. The van der Waals surface area contributed by atoms with Gasteiger partial charge in [-0.25, -0.2) is 0 Å². The van der Waals surface area contributed by atoms with Crippen LogP contribution in [0.5, 0.6) is 0 Å². The topological polar surface area (TPSA) is 51.8 Å². The molecule has 0 aliphatic carbocycles. The Kier molecular flexibility index (Phi) is 1.12. The molecule has 0 bridgehead atoms. The summed E-state index contributed by atoms with van der Waals surface area (Å²) < 4.78 is 0. The molecule has 0 saturated carbocycles. The molecule has 0 saturated heterocycles. The number of hydrogen-bond acceptors (Lipinski definition) is 3. The highest BCUT2D eigenvalue weighted by Crippen LogP contribution is 1.99. The Labute approximate surface area is 47.5 Å². The van der Waals surface area contributed by atoms with Gasteiger partial charge in [0.05, 0.1) is 6.20 Å². The molecule has 1 heterocycles. The van der Waals surface area contributed by atoms with E-state index in [-0.39, 0.29) is 0 Å². The molecule has 0 unspecified atom stereocenters. The molecule has 0 fully saturated rings. The third-order valence-corrected chi connectivity index (χ3v) is 0.961. The first-order valence-electron chi connectivity index (χ1n) is 2.34. The quantitative estimate of drug-likeness (QED) is 0.523. The second-order valence-electron chi connectivity index (χ2n) is 1.60. The summed E-state index contributed by atoms with van der Waals surface area (Å²) in [7, 11) is 0. The molecule has 0 radical (unpaired) electrons. The molecule has 8 heavy (non-hydrogen) atoms. The SMILES string of the molecule is Cc1ccnnc1N. The van der Waals surface area contributed by atoms with E-state index in [0.717, 1.165) is 5.56 Å². The minimum atomic E-state index is 0.507. The fourth-order valence-corrected chi connectivity index (χ4v) is 0.405. The molecular weight excluding hydrogens is 102 g/mol. The lowest BCUT2D eigenvalue weighted by Gasteiger charge is -1.91. The van der Waals surface area contributed by atoms with Gasteiger partial charge in [-0.2, -0.15) is 5.10 Å². The Morgan fingerprint density at radius 2 is 2.38 bits per heavy atom. The first-order valence-corrected chi connectivity index (χ1v) is 2.34. The maximum absolute atomic E-state index is 5.35. The number of nitrogen functional groups attached to an aromatic ring is 1. The lowest BCUT2D eigenvalue weighted by atomic mass is 10.3. The fraction of sp³-hybridized carbons (Fsp3) is 0.200. The average Bonchev–Trinajstić information content (AvgIpc) is 1.77. The van der Waals surface area contributed by atoms with Gasteiger partial charge < -0.3 is 5.73 Å². The van der Waals surface area contributed by atoms with Crippen LogP contribution >= 0.6 is 0 Å². The molecule has 0 aromatic carbocycles. The van der Waals surface area contributed by atoms with Gasteiger partial charge in [0.1, 0.15) is 5.82 Å². The Morgan fingerprint density at radius 3 is 2.75 bits per heavy atom. The number of rotatable bonds is 0. The van der Waals surface area contributed by atoms with Crippen LogP contribution in [0.2, 0.25) is 0 Å². The summed E-state index contributed by atoms with van der Waals surface area (Å²) in [5.41, 5.74) is 6.32. The third-order valence-electron chi connectivity index (χ3n) is 0.961. The van der Waals surface area contributed by atoms with Crippen LogP contribution in [0.3, 0.4) is 0 Å². The number of aryl methyl sites for hydroxylation is 1. The van der Waals surface area contributed by atoms with E-state index < -0.39 is 0 Å². The lowest BCUT2D eigenvalue weighted by Crippen LogP contribution is -1.93. The fourth-order valence-electron chi connectivity index (χ4n) is 0.405. The molecule has 0 amide bonds. The summed E-state index contributed by atoms with van der Waals surface area (Å²) >= 11 is 0. The van der Waals surface area contributed by atoms with E-state index in [0.29, 0.717) is 5.82 Å². The van der Waals surface area contributed by atoms with Crippen molar-refractivity contribution >= 4 is 5.82 Å². The van der Waals surface area contributed by atoms with Crippen molar-refractivity contribution < 1.29 is 0 Å². The second kappa shape index (κ2) is 1.78. The van der Waals surface area contributed by atoms with Gasteiger partial charge >= 0.3 is 0 Å². The van der Waals surface area contributed by atoms with Crippen LogP contribution in [0.4, 0.5) is 5.82 Å². The molecule has 1 aromatic rings. The van der Waals surface area contributed by atoms with Crippen LogP contribution in [0.15, 0.2) is 12.3 Å². The van der Waals surface area contributed by atoms with Crippen molar-refractivity contribution in [1.82, 2.24) is 10.2 Å². The molecule has 0 spiro atoms. The van der Waals surface area contributed by atoms with Gasteiger partial charge in [-0.1, -0.05) is 0 Å². The maximum atomic E-state index is 5.35. The molecule has 0 aliphatic rings. The number of nitrogens with zero attached hydrogens (tertiary/aromatic N) is 2. The molecule has 0 aliphatic heterocycles. The van der Waals surface area contributed by atoms with Gasteiger partial charge in [-0.05, 0) is 18.6 Å². The highest BCUT2D eigenvalue weighted by molar-refractivity contribution is 5.34. The second-order valence-corrected chi connectivity index (χ2v) is 1.60. The van der Waals surface area contributed by atoms with Crippen molar-refractivity contribution in [2.24, 2.45) is 0 Å². The summed E-state index contributed by atoms with van der Waals surface area (Å²) in [5.74, 6) is 0.507. The zero-order valence-corrected chi connectivity index (χ0v) is 4.63. The standard InChI is InChI=1S/C5H7N3/c1-4-2-3-7-8-5(4)6/h2-3H,1H3,(H2,6,8). The van der Waals surface area contributed by atoms with Crippen molar-refractivity contribution in [2.45, 2.75) is 6.92 Å². The van der Waals surface area contributed by atoms with E-state index in [1.807, 2.05) is 13.0 Å². The van der Waals surface area contributed by atoms with Crippen LogP contribution in [0, 0.1) is 6.92 Å². The van der Waals surface area contributed by atoms with E-state index >= 15 is 0 Å². The molecule has 1 aromatic heterocycles. The van der Waals surface area contributed by atoms with Crippen LogP contribution in [0.25, 0.3) is 0 Å². The normalized spacial score (nSPS) is 9.12. The van der Waals surface area contributed by atoms with E-state index in [1.54, 1.807) is 6.20 Å². The largest absolute Gasteiger partial charge is 0.382 e. The van der Waals surface area contributed by atoms with E-state index in [9.17, 15) is 0 Å². The zero-order chi connectivity index (χ0) is 5.98. The molecule has 3 heteroatoms. The van der Waals surface area contributed by atoms with Crippen molar-refractivity contribution in [3.05, 3.63) is 17.8 Å². The van der Waals surface area contributed by atoms with Gasteiger partial charge in [0.25, 0.3) is 0 Å². The van der Waals surface area contributed by atoms with Crippen LogP contribution < -0.4 is 5.73 Å². The summed E-state index contributed by atoms with van der Waals surface area (Å²) in [6, 6.07) is 1.82. The molecule has 2 N–H and O–H groups in total. The number of hydrogen-bond donors (Lipinski definition) is 1. The predicted molar refractivity (Wildman–Crippen MR) is 31.2 cm³/mol. The molecule has 3 nitrogen and oxygen atoms in total. The van der Waals surface area contributed by atoms with Crippen LogP contribution in [-0.2, 0) is 0 Å². The smallest absolute Gasteiger partial charge is 0.148 e. The Hall–Kier alpha value is -1.12. The summed E-state index contributed by atoms with van der Waals surface area (Å²) in [6.45, 7) is 1.89. The lowest BCUT2D eigenvalue weighted by molar-refractivity contribution is 1.03. The van der Waals surface area contributed by atoms with Crippen LogP contribution in [-0.4, -0.2) is 10.2 Å². The van der Waals surface area contributed by atoms with Crippen molar-refractivity contribution in [3.8, 4) is 0 Å². The van der Waals surface area contributed by atoms with Gasteiger partial charge in [-0.15, -0.1) is 5.10 Å². The highest BCUT2D eigenvalue weighted by Gasteiger charge is 1.87.